The van der Waals surface area contributed by atoms with E-state index < -0.39 is 24.4 Å². The monoisotopic (exact) mass is 500 g/mol. The second-order valence-corrected chi connectivity index (χ2v) is 9.13. The molecule has 7 heteroatoms. The fourth-order valence-corrected chi connectivity index (χ4v) is 4.38. The molecule has 3 aromatic carbocycles. The maximum atomic E-state index is 12.7. The molecule has 1 N–H and O–H groups in total. The van der Waals surface area contributed by atoms with Gasteiger partial charge < -0.3 is 19.7 Å². The van der Waals surface area contributed by atoms with Gasteiger partial charge in [-0.2, -0.15) is 0 Å². The molecule has 0 radical (unpaired) electrons. The summed E-state index contributed by atoms with van der Waals surface area (Å²) in [5, 5.41) is 2.89. The standard InChI is InChI=1S/C30H32N2O5/c1-4-21-7-6-8-22(5-2)29(21)31-27(33)19-36-30(35)23-17-28(34)32(18-23)24-11-15-26(16-12-24)37-25-13-9-20(3)10-14-25/h6-16,23H,4-5,17-19H2,1-3H3,(H,31,33)/t23-/m0/s1. The molecule has 1 aliphatic rings. The summed E-state index contributed by atoms with van der Waals surface area (Å²) < 4.78 is 11.1. The molecule has 1 fully saturated rings. The molecular weight excluding hydrogens is 468 g/mol. The third-order valence-electron chi connectivity index (χ3n) is 6.47. The van der Waals surface area contributed by atoms with Gasteiger partial charge in [0.2, 0.25) is 5.91 Å². The molecule has 0 unspecified atom stereocenters. The van der Waals surface area contributed by atoms with Gasteiger partial charge in [-0.3, -0.25) is 14.4 Å². The maximum absolute atomic E-state index is 12.7. The summed E-state index contributed by atoms with van der Waals surface area (Å²) >= 11 is 0. The molecular formula is C30H32N2O5. The van der Waals surface area contributed by atoms with Crippen molar-refractivity contribution in [1.29, 1.82) is 0 Å². The van der Waals surface area contributed by atoms with Crippen molar-refractivity contribution in [2.24, 2.45) is 5.92 Å². The Morgan fingerprint density at radius 1 is 0.919 bits per heavy atom. The van der Waals surface area contributed by atoms with Crippen LogP contribution in [0.3, 0.4) is 0 Å². The van der Waals surface area contributed by atoms with Gasteiger partial charge in [-0.05, 0) is 67.3 Å². The Hall–Kier alpha value is -4.13. The molecule has 0 saturated carbocycles. The number of ether oxygens (including phenoxy) is 2. The van der Waals surface area contributed by atoms with Gasteiger partial charge in [0.25, 0.3) is 5.91 Å². The Balaban J connectivity index is 1.31. The van der Waals surface area contributed by atoms with E-state index in [-0.39, 0.29) is 18.9 Å². The minimum absolute atomic E-state index is 0.0424. The summed E-state index contributed by atoms with van der Waals surface area (Å²) in [5.41, 5.74) is 4.68. The van der Waals surface area contributed by atoms with Crippen LogP contribution >= 0.6 is 0 Å². The van der Waals surface area contributed by atoms with Crippen molar-refractivity contribution in [2.45, 2.75) is 40.0 Å². The number of carbonyl (C=O) groups is 3. The first-order valence-corrected chi connectivity index (χ1v) is 12.6. The molecule has 7 nitrogen and oxygen atoms in total. The van der Waals surface area contributed by atoms with Gasteiger partial charge in [-0.1, -0.05) is 49.7 Å². The molecule has 0 aromatic heterocycles. The number of nitrogens with zero attached hydrogens (tertiary/aromatic N) is 1. The van der Waals surface area contributed by atoms with Crippen molar-refractivity contribution < 1.29 is 23.9 Å². The number of amides is 2. The number of hydrogen-bond acceptors (Lipinski definition) is 5. The second kappa shape index (κ2) is 11.7. The van der Waals surface area contributed by atoms with Crippen molar-refractivity contribution in [1.82, 2.24) is 0 Å². The van der Waals surface area contributed by atoms with E-state index in [4.69, 9.17) is 9.47 Å². The Morgan fingerprint density at radius 3 is 2.11 bits per heavy atom. The molecule has 1 saturated heterocycles. The first-order chi connectivity index (χ1) is 17.9. The summed E-state index contributed by atoms with van der Waals surface area (Å²) in [5.74, 6) is -0.358. The van der Waals surface area contributed by atoms with Crippen molar-refractivity contribution in [3.63, 3.8) is 0 Å². The van der Waals surface area contributed by atoms with Gasteiger partial charge in [-0.15, -0.1) is 0 Å². The second-order valence-electron chi connectivity index (χ2n) is 9.13. The quantitative estimate of drug-likeness (QED) is 0.395. The van der Waals surface area contributed by atoms with E-state index in [0.717, 1.165) is 41.0 Å². The third-order valence-corrected chi connectivity index (χ3v) is 6.47. The van der Waals surface area contributed by atoms with Crippen molar-refractivity contribution in [3.8, 4) is 11.5 Å². The van der Waals surface area contributed by atoms with Gasteiger partial charge in [-0.25, -0.2) is 0 Å². The number of aryl methyl sites for hydroxylation is 3. The highest BCUT2D eigenvalue weighted by atomic mass is 16.5. The van der Waals surface area contributed by atoms with Crippen LogP contribution in [0, 0.1) is 12.8 Å². The minimum Gasteiger partial charge on any atom is -0.457 e. The smallest absolute Gasteiger partial charge is 0.311 e. The van der Waals surface area contributed by atoms with Crippen LogP contribution in [0.15, 0.2) is 66.7 Å². The molecule has 4 rings (SSSR count). The van der Waals surface area contributed by atoms with Gasteiger partial charge in [0.1, 0.15) is 11.5 Å². The molecule has 1 aliphatic heterocycles. The Bertz CT molecular complexity index is 1250. The number of hydrogen-bond donors (Lipinski definition) is 1. The Kier molecular flexibility index (Phi) is 8.23. The Labute approximate surface area is 217 Å². The van der Waals surface area contributed by atoms with Crippen LogP contribution in [-0.2, 0) is 32.0 Å². The highest BCUT2D eigenvalue weighted by molar-refractivity contribution is 6.00. The van der Waals surface area contributed by atoms with Crippen molar-refractivity contribution >= 4 is 29.2 Å². The minimum atomic E-state index is -0.627. The fourth-order valence-electron chi connectivity index (χ4n) is 4.38. The highest BCUT2D eigenvalue weighted by Crippen LogP contribution is 2.29. The summed E-state index contributed by atoms with van der Waals surface area (Å²) in [6, 6.07) is 20.8. The lowest BCUT2D eigenvalue weighted by molar-refractivity contribution is -0.151. The van der Waals surface area contributed by atoms with Crippen LogP contribution in [-0.4, -0.2) is 30.9 Å². The van der Waals surface area contributed by atoms with Gasteiger partial charge in [0, 0.05) is 24.3 Å². The number of para-hydroxylation sites is 1. The highest BCUT2D eigenvalue weighted by Gasteiger charge is 2.36. The molecule has 0 aliphatic carbocycles. The van der Waals surface area contributed by atoms with Crippen LogP contribution in [0.2, 0.25) is 0 Å². The molecule has 1 heterocycles. The first kappa shape index (κ1) is 25.9. The van der Waals surface area contributed by atoms with Crippen LogP contribution < -0.4 is 15.0 Å². The average Bonchev–Trinajstić information content (AvgIpc) is 3.30. The van der Waals surface area contributed by atoms with E-state index in [1.54, 1.807) is 29.2 Å². The lowest BCUT2D eigenvalue weighted by Gasteiger charge is -2.17. The van der Waals surface area contributed by atoms with Crippen molar-refractivity contribution in [2.75, 3.05) is 23.4 Å². The number of nitrogens with one attached hydrogen (secondary N) is 1. The van der Waals surface area contributed by atoms with Gasteiger partial charge in [0.15, 0.2) is 6.61 Å². The summed E-state index contributed by atoms with van der Waals surface area (Å²) in [4.78, 5) is 39.4. The average molecular weight is 501 g/mol. The zero-order valence-electron chi connectivity index (χ0n) is 21.5. The predicted molar refractivity (Wildman–Crippen MR) is 143 cm³/mol. The van der Waals surface area contributed by atoms with E-state index in [0.29, 0.717) is 11.4 Å². The van der Waals surface area contributed by atoms with E-state index in [9.17, 15) is 14.4 Å². The normalized spacial score (nSPS) is 14.9. The molecule has 192 valence electrons. The van der Waals surface area contributed by atoms with Gasteiger partial charge in [0.05, 0.1) is 5.92 Å². The molecule has 3 aromatic rings. The number of carbonyl (C=O) groups excluding carboxylic acids is 3. The molecule has 1 atom stereocenters. The van der Waals surface area contributed by atoms with Crippen molar-refractivity contribution in [3.05, 3.63) is 83.4 Å². The number of esters is 1. The molecule has 0 bridgehead atoms. The third kappa shape index (κ3) is 6.36. The predicted octanol–water partition coefficient (Wildman–Crippen LogP) is 5.45. The van der Waals surface area contributed by atoms with Crippen LogP contribution in [0.25, 0.3) is 0 Å². The zero-order valence-corrected chi connectivity index (χ0v) is 21.5. The van der Waals surface area contributed by atoms with E-state index in [2.05, 4.69) is 5.32 Å². The molecule has 37 heavy (non-hydrogen) atoms. The summed E-state index contributed by atoms with van der Waals surface area (Å²) in [6.07, 6.45) is 1.60. The number of benzene rings is 3. The molecule has 2 amide bonds. The number of rotatable bonds is 9. The first-order valence-electron chi connectivity index (χ1n) is 12.6. The number of anilines is 2. The SMILES string of the molecule is CCc1cccc(CC)c1NC(=O)COC(=O)[C@H]1CC(=O)N(c2ccc(Oc3ccc(C)cc3)cc2)C1. The zero-order chi connectivity index (χ0) is 26.4. The molecule has 0 spiro atoms. The Morgan fingerprint density at radius 2 is 1.51 bits per heavy atom. The van der Waals surface area contributed by atoms with Gasteiger partial charge >= 0.3 is 5.97 Å². The van der Waals surface area contributed by atoms with Crippen LogP contribution in [0.5, 0.6) is 11.5 Å². The summed E-state index contributed by atoms with van der Waals surface area (Å²) in [6.45, 7) is 5.87. The van der Waals surface area contributed by atoms with Crippen LogP contribution in [0.1, 0.15) is 37.0 Å². The maximum Gasteiger partial charge on any atom is 0.311 e. The summed E-state index contributed by atoms with van der Waals surface area (Å²) in [7, 11) is 0. The lowest BCUT2D eigenvalue weighted by atomic mass is 10.0. The van der Waals surface area contributed by atoms with E-state index >= 15 is 0 Å². The van der Waals surface area contributed by atoms with E-state index in [1.807, 2.05) is 63.2 Å². The largest absolute Gasteiger partial charge is 0.457 e. The fraction of sp³-hybridized carbons (Fsp3) is 0.300. The van der Waals surface area contributed by atoms with E-state index in [1.165, 1.54) is 0 Å². The topological polar surface area (TPSA) is 84.9 Å². The lowest BCUT2D eigenvalue weighted by Crippen LogP contribution is -2.28. The van der Waals surface area contributed by atoms with Crippen LogP contribution in [0.4, 0.5) is 11.4 Å².